The van der Waals surface area contributed by atoms with Gasteiger partial charge in [0.05, 0.1) is 30.4 Å². The number of furan rings is 1. The van der Waals surface area contributed by atoms with Crippen LogP contribution in [0.15, 0.2) is 108 Å². The summed E-state index contributed by atoms with van der Waals surface area (Å²) in [4.78, 5) is 5.25. The zero-order valence-electron chi connectivity index (χ0n) is 28.6. The van der Waals surface area contributed by atoms with Crippen LogP contribution in [0.3, 0.4) is 0 Å². The molecule has 3 nitrogen and oxygen atoms in total. The molecule has 0 aliphatic heterocycles. The van der Waals surface area contributed by atoms with Gasteiger partial charge in [0, 0.05) is 13.5 Å². The van der Waals surface area contributed by atoms with Crippen molar-refractivity contribution in [2.75, 3.05) is 0 Å². The number of fused-ring (bicyclic) bond motifs is 4. The lowest BCUT2D eigenvalue weighted by molar-refractivity contribution is 0.669. The molecule has 220 valence electrons. The minimum atomic E-state index is -1.54. The van der Waals surface area contributed by atoms with Gasteiger partial charge in [0.1, 0.15) is 17.0 Å². The Morgan fingerprint density at radius 2 is 1.39 bits per heavy atom. The van der Waals surface area contributed by atoms with Crippen LogP contribution in [0.25, 0.3) is 61.2 Å². The maximum Gasteiger partial charge on any atom is 0.149 e. The molecule has 0 unspecified atom stereocenters. The predicted molar refractivity (Wildman–Crippen MR) is 190 cm³/mol. The first kappa shape index (κ1) is 26.0. The monoisotopic (exact) mass is 594 g/mol. The van der Waals surface area contributed by atoms with Crippen LogP contribution in [0.4, 0.5) is 0 Å². The maximum absolute atomic E-state index is 9.42. The highest BCUT2D eigenvalue weighted by Crippen LogP contribution is 2.42. The summed E-state index contributed by atoms with van der Waals surface area (Å²) < 4.78 is 27.7. The fraction of sp³-hybridized carbons (Fsp3) is 0.225. The molecule has 0 spiro atoms. The van der Waals surface area contributed by atoms with Crippen LogP contribution in [0.5, 0.6) is 0 Å². The van der Waals surface area contributed by atoms with E-state index in [2.05, 4.69) is 90.9 Å². The van der Waals surface area contributed by atoms with Gasteiger partial charge in [-0.15, -0.1) is 0 Å². The van der Waals surface area contributed by atoms with Crippen molar-refractivity contribution in [2.45, 2.75) is 59.1 Å². The van der Waals surface area contributed by atoms with Crippen LogP contribution in [0, 0.1) is 0 Å². The topological polar surface area (TPSA) is 31.0 Å². The first-order chi connectivity index (χ1) is 21.7. The Bertz CT molecular complexity index is 2230. The lowest BCUT2D eigenvalue weighted by Crippen LogP contribution is -2.37. The van der Waals surface area contributed by atoms with Crippen molar-refractivity contribution in [1.29, 1.82) is 0 Å². The average Bonchev–Trinajstić information content (AvgIpc) is 3.58. The Labute approximate surface area is 264 Å². The lowest BCUT2D eigenvalue weighted by Gasteiger charge is -2.24. The van der Waals surface area contributed by atoms with Gasteiger partial charge in [-0.3, -0.25) is 4.57 Å². The highest BCUT2D eigenvalue weighted by atomic mass is 28.3. The van der Waals surface area contributed by atoms with E-state index in [1.54, 1.807) is 0 Å². The zero-order valence-corrected chi connectivity index (χ0v) is 27.6. The Morgan fingerprint density at radius 1 is 0.705 bits per heavy atom. The molecule has 0 radical (unpaired) electrons. The zero-order chi connectivity index (χ0) is 32.6. The van der Waals surface area contributed by atoms with E-state index < -0.39 is 19.9 Å². The van der Waals surface area contributed by atoms with Crippen molar-refractivity contribution in [3.8, 4) is 28.2 Å². The van der Waals surface area contributed by atoms with Gasteiger partial charge in [0.2, 0.25) is 0 Å². The lowest BCUT2D eigenvalue weighted by atomic mass is 9.88. The maximum atomic E-state index is 9.42. The standard InChI is InChI=1S/C40H40N2OSi/c1-25(2)32-22-28(27-14-9-8-10-15-27)23-33(26(3)4)38(32)42-36-19-12-11-18-35(36)41-40(42)31-17-13-16-30-34-24-29(44(5,6)7)20-21-37(34)43-39(30)31/h8-26H,1-7H3/i25D,26D. The molecular weight excluding hydrogens is 553 g/mol. The molecule has 2 aromatic heterocycles. The molecule has 0 bridgehead atoms. The fourth-order valence-electron chi connectivity index (χ4n) is 6.31. The highest BCUT2D eigenvalue weighted by molar-refractivity contribution is 6.88. The van der Waals surface area contributed by atoms with Crippen LogP contribution in [-0.2, 0) is 0 Å². The Morgan fingerprint density at radius 3 is 2.07 bits per heavy atom. The number of imidazole rings is 1. The quantitative estimate of drug-likeness (QED) is 0.179. The SMILES string of the molecule is [2H]C(C)(C)c1cc(-c2ccccc2)cc(C([2H])(C)C)c1-n1c(-c2cccc3c2oc2ccc([Si](C)(C)C)cc23)nc2ccccc21. The van der Waals surface area contributed by atoms with Crippen LogP contribution in [0.2, 0.25) is 19.6 Å². The van der Waals surface area contributed by atoms with Crippen molar-refractivity contribution in [1.82, 2.24) is 9.55 Å². The van der Waals surface area contributed by atoms with Gasteiger partial charge in [0.15, 0.2) is 0 Å². The highest BCUT2D eigenvalue weighted by Gasteiger charge is 2.26. The van der Waals surface area contributed by atoms with E-state index in [1.165, 1.54) is 5.19 Å². The molecule has 0 amide bonds. The molecule has 7 rings (SSSR count). The van der Waals surface area contributed by atoms with E-state index in [0.29, 0.717) is 0 Å². The van der Waals surface area contributed by atoms with Crippen molar-refractivity contribution in [3.05, 3.63) is 114 Å². The van der Waals surface area contributed by atoms with Crippen LogP contribution in [0.1, 0.15) is 53.4 Å². The summed E-state index contributed by atoms with van der Waals surface area (Å²) in [6.07, 6.45) is 0. The third-order valence-electron chi connectivity index (χ3n) is 8.68. The molecule has 0 saturated carbocycles. The van der Waals surface area contributed by atoms with Gasteiger partial charge in [-0.1, -0.05) is 119 Å². The number of benzene rings is 5. The Balaban J connectivity index is 1.60. The van der Waals surface area contributed by atoms with E-state index in [0.717, 1.165) is 72.3 Å². The summed E-state index contributed by atoms with van der Waals surface area (Å²) in [6.45, 7) is 14.8. The molecule has 44 heavy (non-hydrogen) atoms. The molecular formula is C40H40N2OSi. The molecule has 0 aliphatic rings. The van der Waals surface area contributed by atoms with Crippen molar-refractivity contribution in [3.63, 3.8) is 0 Å². The van der Waals surface area contributed by atoms with Gasteiger partial charge >= 0.3 is 0 Å². The van der Waals surface area contributed by atoms with Crippen LogP contribution >= 0.6 is 0 Å². The minimum absolute atomic E-state index is 0.736. The van der Waals surface area contributed by atoms with Gasteiger partial charge in [-0.05, 0) is 70.4 Å². The molecule has 4 heteroatoms. The number of aromatic nitrogens is 2. The molecule has 0 atom stereocenters. The average molecular weight is 595 g/mol. The third kappa shape index (κ3) is 4.69. The molecule has 7 aromatic rings. The summed E-state index contributed by atoms with van der Waals surface area (Å²) in [5, 5.41) is 3.57. The summed E-state index contributed by atoms with van der Waals surface area (Å²) in [5.74, 6) is -1.21. The van der Waals surface area contributed by atoms with E-state index >= 15 is 0 Å². The number of para-hydroxylation sites is 3. The second-order valence-corrected chi connectivity index (χ2v) is 18.4. The molecule has 5 aromatic carbocycles. The minimum Gasteiger partial charge on any atom is -0.455 e. The van der Waals surface area contributed by atoms with Gasteiger partial charge in [-0.2, -0.15) is 0 Å². The number of rotatable bonds is 6. The van der Waals surface area contributed by atoms with Gasteiger partial charge in [0.25, 0.3) is 0 Å². The third-order valence-corrected chi connectivity index (χ3v) is 10.7. The van der Waals surface area contributed by atoms with Gasteiger partial charge < -0.3 is 4.42 Å². The summed E-state index contributed by atoms with van der Waals surface area (Å²) in [6, 6.07) is 35.6. The molecule has 2 heterocycles. The number of hydrogen-bond donors (Lipinski definition) is 0. The summed E-state index contributed by atoms with van der Waals surface area (Å²) >= 11 is 0. The molecule has 0 N–H and O–H groups in total. The Kier molecular flexibility index (Phi) is 6.29. The second kappa shape index (κ2) is 10.6. The number of nitrogens with zero attached hydrogens (tertiary/aromatic N) is 2. The van der Waals surface area contributed by atoms with E-state index in [-0.39, 0.29) is 0 Å². The molecule has 0 saturated heterocycles. The first-order valence-electron chi connectivity index (χ1n) is 16.4. The smallest absolute Gasteiger partial charge is 0.149 e. The molecule has 0 aliphatic carbocycles. The van der Waals surface area contributed by atoms with Crippen molar-refractivity contribution < 1.29 is 7.16 Å². The van der Waals surface area contributed by atoms with Crippen molar-refractivity contribution >= 4 is 46.2 Å². The summed E-state index contributed by atoms with van der Waals surface area (Å²) in [5.41, 5.74) is 8.88. The fourth-order valence-corrected chi connectivity index (χ4v) is 7.47. The number of hydrogen-bond acceptors (Lipinski definition) is 2. The summed E-state index contributed by atoms with van der Waals surface area (Å²) in [7, 11) is -1.54. The molecule has 0 fully saturated rings. The van der Waals surface area contributed by atoms with Gasteiger partial charge in [-0.25, -0.2) is 4.98 Å². The second-order valence-electron chi connectivity index (χ2n) is 13.3. The Hall–Kier alpha value is -4.41. The first-order valence-corrected chi connectivity index (χ1v) is 18.9. The van der Waals surface area contributed by atoms with E-state index in [9.17, 15) is 2.74 Å². The largest absolute Gasteiger partial charge is 0.455 e. The van der Waals surface area contributed by atoms with Crippen LogP contribution < -0.4 is 5.19 Å². The normalized spacial score (nSPS) is 13.5. The van der Waals surface area contributed by atoms with E-state index in [4.69, 9.17) is 9.40 Å². The predicted octanol–water partition coefficient (Wildman–Crippen LogP) is 11.1. The van der Waals surface area contributed by atoms with Crippen LogP contribution in [-0.4, -0.2) is 17.6 Å². The van der Waals surface area contributed by atoms with E-state index in [1.807, 2.05) is 64.1 Å². The van der Waals surface area contributed by atoms with Crippen molar-refractivity contribution in [2.24, 2.45) is 0 Å².